The number of aromatic nitrogens is 3. The summed E-state index contributed by atoms with van der Waals surface area (Å²) in [4.78, 5) is 18.7. The van der Waals surface area contributed by atoms with E-state index in [-0.39, 0.29) is 86.2 Å². The Morgan fingerprint density at radius 2 is 1.80 bits per heavy atom. The van der Waals surface area contributed by atoms with Crippen LogP contribution in [0.5, 0.6) is 17.6 Å². The lowest BCUT2D eigenvalue weighted by atomic mass is 9.55. The van der Waals surface area contributed by atoms with Crippen molar-refractivity contribution in [1.29, 1.82) is 0 Å². The Morgan fingerprint density at radius 1 is 0.982 bits per heavy atom. The first-order chi connectivity index (χ1) is 26.9. The molecule has 5 aliphatic heterocycles. The number of likely N-dealkylation sites (tertiary alicyclic amines) is 1. The van der Waals surface area contributed by atoms with E-state index in [1.165, 1.54) is 31.4 Å². The number of fused-ring (bicyclic) bond motifs is 3. The first-order valence-corrected chi connectivity index (χ1v) is 19.9. The number of halogens is 2. The highest BCUT2D eigenvalue weighted by Crippen LogP contribution is 2.69. The van der Waals surface area contributed by atoms with Gasteiger partial charge in [-0.2, -0.15) is 9.97 Å². The van der Waals surface area contributed by atoms with E-state index in [1.54, 1.807) is 13.0 Å². The molecular formula is C42H49F2N5O7. The number of phenols is 1. The molecule has 12 nitrogen and oxygen atoms in total. The molecule has 2 bridgehead atoms. The first-order valence-electron chi connectivity index (χ1n) is 19.9. The predicted octanol–water partition coefficient (Wildman–Crippen LogP) is 5.78. The molecule has 298 valence electrons. The number of hydrogen-bond acceptors (Lipinski definition) is 12. The molecule has 7 fully saturated rings. The number of pyridine rings is 1. The third kappa shape index (κ3) is 5.57. The third-order valence-electron chi connectivity index (χ3n) is 13.7. The maximum atomic E-state index is 17.3. The Kier molecular flexibility index (Phi) is 8.30. The number of methoxy groups -OCH3 is 1. The molecule has 2 aliphatic carbocycles. The molecule has 3 atom stereocenters. The lowest BCUT2D eigenvalue weighted by Crippen LogP contribution is -2.65. The summed E-state index contributed by atoms with van der Waals surface area (Å²) >= 11 is 0. The van der Waals surface area contributed by atoms with Gasteiger partial charge in [-0.3, -0.25) is 4.90 Å². The number of anilines is 1. The monoisotopic (exact) mass is 773 g/mol. The smallest absolute Gasteiger partial charge is 0.319 e. The summed E-state index contributed by atoms with van der Waals surface area (Å²) in [6.07, 6.45) is 7.33. The maximum Gasteiger partial charge on any atom is 0.319 e. The van der Waals surface area contributed by atoms with Crippen molar-refractivity contribution >= 4 is 27.5 Å². The fraction of sp³-hybridized carbons (Fsp3) is 0.595. The predicted molar refractivity (Wildman–Crippen MR) is 203 cm³/mol. The summed E-state index contributed by atoms with van der Waals surface area (Å²) in [5, 5.41) is 22.5. The fourth-order valence-electron chi connectivity index (χ4n) is 11.5. The van der Waals surface area contributed by atoms with E-state index in [1.807, 2.05) is 4.90 Å². The van der Waals surface area contributed by atoms with Gasteiger partial charge in [-0.15, -0.1) is 0 Å². The Labute approximate surface area is 324 Å². The number of ether oxygens (including phenoxy) is 5. The van der Waals surface area contributed by atoms with Crippen molar-refractivity contribution in [2.45, 2.75) is 81.6 Å². The first kappa shape index (κ1) is 36.4. The molecule has 11 rings (SSSR count). The van der Waals surface area contributed by atoms with Crippen molar-refractivity contribution in [3.05, 3.63) is 42.0 Å². The van der Waals surface area contributed by atoms with Crippen LogP contribution >= 0.6 is 0 Å². The number of rotatable bonds is 8. The Bertz CT molecular complexity index is 2230. The van der Waals surface area contributed by atoms with Crippen molar-refractivity contribution in [2.75, 3.05) is 71.2 Å². The molecule has 5 saturated heterocycles. The van der Waals surface area contributed by atoms with Gasteiger partial charge < -0.3 is 38.8 Å². The second-order valence-electron chi connectivity index (χ2n) is 17.9. The molecule has 2 N–H and O–H groups in total. The molecular weight excluding hydrogens is 724 g/mol. The third-order valence-corrected chi connectivity index (χ3v) is 13.7. The van der Waals surface area contributed by atoms with Crippen LogP contribution in [0.2, 0.25) is 0 Å². The minimum absolute atomic E-state index is 0.00459. The number of phenolic OH excluding ortho intramolecular Hbond substituents is 1. The van der Waals surface area contributed by atoms with Crippen LogP contribution in [0.25, 0.3) is 32.9 Å². The molecule has 7 heterocycles. The highest BCUT2D eigenvalue weighted by atomic mass is 19.1. The number of piperidine rings is 1. The summed E-state index contributed by atoms with van der Waals surface area (Å²) in [7, 11) is 1.41. The highest BCUT2D eigenvalue weighted by molar-refractivity contribution is 6.02. The van der Waals surface area contributed by atoms with Crippen molar-refractivity contribution in [3.8, 4) is 28.9 Å². The van der Waals surface area contributed by atoms with Crippen LogP contribution in [-0.4, -0.2) is 119 Å². The molecule has 14 heteroatoms. The molecule has 1 spiro atoms. The summed E-state index contributed by atoms with van der Waals surface area (Å²) in [6.45, 7) is 8.50. The quantitative estimate of drug-likeness (QED) is 0.225. The summed E-state index contributed by atoms with van der Waals surface area (Å²) in [5.41, 5.74) is -1.82. The lowest BCUT2D eigenvalue weighted by molar-refractivity contribution is -0.218. The van der Waals surface area contributed by atoms with Crippen molar-refractivity contribution < 1.29 is 42.7 Å². The number of hydrogen-bond donors (Lipinski definition) is 2. The van der Waals surface area contributed by atoms with Crippen LogP contribution in [0, 0.1) is 22.5 Å². The van der Waals surface area contributed by atoms with E-state index < -0.39 is 17.2 Å². The number of aliphatic hydroxyl groups is 1. The summed E-state index contributed by atoms with van der Waals surface area (Å²) in [6, 6.07) is 7.47. The topological polar surface area (TPSA) is 132 Å². The molecule has 2 aromatic carbocycles. The molecule has 7 aliphatic rings. The van der Waals surface area contributed by atoms with Crippen molar-refractivity contribution in [1.82, 2.24) is 19.9 Å². The van der Waals surface area contributed by atoms with Gasteiger partial charge in [-0.25, -0.2) is 13.8 Å². The zero-order valence-corrected chi connectivity index (χ0v) is 32.2. The molecule has 56 heavy (non-hydrogen) atoms. The Balaban J connectivity index is 1.04. The van der Waals surface area contributed by atoms with Gasteiger partial charge >= 0.3 is 6.01 Å². The zero-order valence-electron chi connectivity index (χ0n) is 32.2. The van der Waals surface area contributed by atoms with Crippen molar-refractivity contribution in [3.63, 3.8) is 0 Å². The number of nitrogens with zero attached hydrogens (tertiary/aromatic N) is 5. The standard InChI is InChI=1S/C42H49F2N5O7/c1-38(51)19-49(13-14-53-21-38)35-31-34(32(44)33(45-36(31)52-3)27-16-26(50)15-25-7-4-8-28(43)30(25)27)46-37(47-35)55-22-40-10-5-9-29(40)48(12-6-11-40)20-41-17-39(2,18-41)56-42(41)23-54-24-42/h4,7-8,15-16,29,50-51H,5-6,9-14,17-24H2,1-3H3. The van der Waals surface area contributed by atoms with E-state index in [9.17, 15) is 10.2 Å². The molecule has 4 aromatic rings. The normalized spacial score (nSPS) is 32.3. The molecule has 2 saturated carbocycles. The van der Waals surface area contributed by atoms with E-state index in [0.717, 1.165) is 58.0 Å². The lowest BCUT2D eigenvalue weighted by Gasteiger charge is -2.55. The van der Waals surface area contributed by atoms with Gasteiger partial charge in [0.1, 0.15) is 45.2 Å². The average molecular weight is 774 g/mol. The number of β-amino-alcohol motifs (C(OH)–C–C–N with tert-alkyl or cyclic N) is 1. The van der Waals surface area contributed by atoms with Crippen LogP contribution < -0.4 is 14.4 Å². The van der Waals surface area contributed by atoms with E-state index in [0.29, 0.717) is 44.4 Å². The minimum Gasteiger partial charge on any atom is -0.508 e. The Hall–Kier alpha value is -3.95. The van der Waals surface area contributed by atoms with E-state index in [4.69, 9.17) is 33.7 Å². The van der Waals surface area contributed by atoms with Gasteiger partial charge in [0.2, 0.25) is 5.88 Å². The molecule has 0 radical (unpaired) electrons. The van der Waals surface area contributed by atoms with Crippen LogP contribution in [0.4, 0.5) is 14.6 Å². The highest BCUT2D eigenvalue weighted by Gasteiger charge is 2.76. The second-order valence-corrected chi connectivity index (χ2v) is 17.9. The minimum atomic E-state index is -1.24. The largest absolute Gasteiger partial charge is 0.508 e. The van der Waals surface area contributed by atoms with Gasteiger partial charge in [0.25, 0.3) is 0 Å². The van der Waals surface area contributed by atoms with Crippen LogP contribution in [0.15, 0.2) is 30.3 Å². The molecule has 2 aromatic heterocycles. The van der Waals surface area contributed by atoms with E-state index >= 15 is 8.78 Å². The molecule has 3 unspecified atom stereocenters. The van der Waals surface area contributed by atoms with Gasteiger partial charge in [-0.05, 0) is 82.5 Å². The summed E-state index contributed by atoms with van der Waals surface area (Å²) in [5.74, 6) is -1.32. The average Bonchev–Trinajstić information content (AvgIpc) is 3.72. The van der Waals surface area contributed by atoms with Gasteiger partial charge in [0, 0.05) is 40.9 Å². The molecule has 0 amide bonds. The van der Waals surface area contributed by atoms with Gasteiger partial charge in [-0.1, -0.05) is 18.6 Å². The van der Waals surface area contributed by atoms with Gasteiger partial charge in [0.15, 0.2) is 5.82 Å². The maximum absolute atomic E-state index is 17.3. The van der Waals surface area contributed by atoms with Crippen LogP contribution in [0.1, 0.15) is 58.8 Å². The van der Waals surface area contributed by atoms with Crippen LogP contribution in [-0.2, 0) is 14.2 Å². The SMILES string of the molecule is COc1nc(-c2cc(O)cc3cccc(F)c23)c(F)c2nc(OCC34CCCC3N(CC35CC(C)(C3)OC53COC3)CCC4)nc(N3CCOCC(C)(O)C3)c12. The second kappa shape index (κ2) is 12.8. The Morgan fingerprint density at radius 3 is 2.59 bits per heavy atom. The van der Waals surface area contributed by atoms with Crippen molar-refractivity contribution in [2.24, 2.45) is 10.8 Å². The van der Waals surface area contributed by atoms with E-state index in [2.05, 4.69) is 16.8 Å². The van der Waals surface area contributed by atoms with Gasteiger partial charge in [0.05, 0.1) is 52.3 Å². The fourth-order valence-corrected chi connectivity index (χ4v) is 11.5. The number of aromatic hydroxyl groups is 1. The summed E-state index contributed by atoms with van der Waals surface area (Å²) < 4.78 is 63.2. The van der Waals surface area contributed by atoms with Crippen LogP contribution in [0.3, 0.4) is 0 Å². The number of benzene rings is 2. The zero-order chi connectivity index (χ0) is 38.7.